The number of aromatic nitrogens is 2. The Labute approximate surface area is 104 Å². The van der Waals surface area contributed by atoms with Crippen molar-refractivity contribution in [1.29, 1.82) is 0 Å². The van der Waals surface area contributed by atoms with Crippen molar-refractivity contribution >= 4 is 23.3 Å². The second-order valence-electron chi connectivity index (χ2n) is 3.41. The van der Waals surface area contributed by atoms with Crippen LogP contribution in [0, 0.1) is 0 Å². The Bertz CT molecular complexity index is 482. The van der Waals surface area contributed by atoms with E-state index in [1.54, 1.807) is 14.0 Å². The van der Waals surface area contributed by atoms with E-state index in [2.05, 4.69) is 15.5 Å². The fraction of sp³-hybridized carbons (Fsp3) is 0.273. The van der Waals surface area contributed by atoms with Gasteiger partial charge in [-0.1, -0.05) is 5.10 Å². The largest absolute Gasteiger partial charge is 0.497 e. The number of methoxy groups -OCH3 is 1. The van der Waals surface area contributed by atoms with Gasteiger partial charge in [-0.15, -0.1) is 16.7 Å². The minimum atomic E-state index is -0.297. The SMILES string of the molecule is COc1ccc(Nc2nnc(C(C)Cl)o2)cc1. The Morgan fingerprint density at radius 1 is 1.29 bits per heavy atom. The number of nitrogens with zero attached hydrogens (tertiary/aromatic N) is 2. The third-order valence-electron chi connectivity index (χ3n) is 2.12. The summed E-state index contributed by atoms with van der Waals surface area (Å²) in [7, 11) is 1.62. The van der Waals surface area contributed by atoms with Gasteiger partial charge in [0.2, 0.25) is 5.89 Å². The minimum absolute atomic E-state index is 0.297. The maximum atomic E-state index is 5.82. The molecule has 1 unspecified atom stereocenters. The molecule has 0 radical (unpaired) electrons. The van der Waals surface area contributed by atoms with Crippen molar-refractivity contribution in [3.8, 4) is 5.75 Å². The zero-order chi connectivity index (χ0) is 12.3. The van der Waals surface area contributed by atoms with Crippen molar-refractivity contribution in [2.45, 2.75) is 12.3 Å². The van der Waals surface area contributed by atoms with Crippen molar-refractivity contribution in [2.24, 2.45) is 0 Å². The predicted molar refractivity (Wildman–Crippen MR) is 64.8 cm³/mol. The van der Waals surface area contributed by atoms with Crippen LogP contribution in [0.2, 0.25) is 0 Å². The number of alkyl halides is 1. The Balaban J connectivity index is 2.08. The first-order valence-corrected chi connectivity index (χ1v) is 5.51. The van der Waals surface area contributed by atoms with Gasteiger partial charge in [0.15, 0.2) is 0 Å². The summed E-state index contributed by atoms with van der Waals surface area (Å²) in [4.78, 5) is 0. The molecule has 0 saturated heterocycles. The minimum Gasteiger partial charge on any atom is -0.497 e. The van der Waals surface area contributed by atoms with Gasteiger partial charge in [0.05, 0.1) is 7.11 Å². The van der Waals surface area contributed by atoms with Crippen LogP contribution in [-0.4, -0.2) is 17.3 Å². The van der Waals surface area contributed by atoms with Crippen LogP contribution >= 0.6 is 11.6 Å². The van der Waals surface area contributed by atoms with Crippen molar-refractivity contribution < 1.29 is 9.15 Å². The van der Waals surface area contributed by atoms with Crippen LogP contribution in [0.5, 0.6) is 5.75 Å². The lowest BCUT2D eigenvalue weighted by molar-refractivity contribution is 0.415. The first-order valence-electron chi connectivity index (χ1n) is 5.07. The Morgan fingerprint density at radius 2 is 2.00 bits per heavy atom. The Kier molecular flexibility index (Phi) is 3.49. The quantitative estimate of drug-likeness (QED) is 0.849. The highest BCUT2D eigenvalue weighted by Crippen LogP contribution is 2.22. The van der Waals surface area contributed by atoms with Crippen LogP contribution in [0.25, 0.3) is 0 Å². The molecule has 0 saturated carbocycles. The fourth-order valence-electron chi connectivity index (χ4n) is 1.24. The molecule has 0 aliphatic rings. The average Bonchev–Trinajstić information content (AvgIpc) is 2.79. The molecule has 0 amide bonds. The highest BCUT2D eigenvalue weighted by molar-refractivity contribution is 6.20. The third-order valence-corrected chi connectivity index (χ3v) is 2.31. The lowest BCUT2D eigenvalue weighted by atomic mass is 10.3. The van der Waals surface area contributed by atoms with E-state index in [9.17, 15) is 0 Å². The second kappa shape index (κ2) is 5.05. The number of rotatable bonds is 4. The molecule has 5 nitrogen and oxygen atoms in total. The second-order valence-corrected chi connectivity index (χ2v) is 4.07. The molecule has 2 aromatic rings. The predicted octanol–water partition coefficient (Wildman–Crippen LogP) is 3.12. The van der Waals surface area contributed by atoms with E-state index in [0.717, 1.165) is 11.4 Å². The number of hydrogen-bond acceptors (Lipinski definition) is 5. The van der Waals surface area contributed by atoms with Gasteiger partial charge in [0.25, 0.3) is 0 Å². The third kappa shape index (κ3) is 2.88. The van der Waals surface area contributed by atoms with Crippen LogP contribution in [0.1, 0.15) is 18.2 Å². The molecule has 2 rings (SSSR count). The van der Waals surface area contributed by atoms with Gasteiger partial charge in [-0.3, -0.25) is 0 Å². The summed E-state index contributed by atoms with van der Waals surface area (Å²) in [6.07, 6.45) is 0. The molecule has 0 aliphatic carbocycles. The van der Waals surface area contributed by atoms with E-state index >= 15 is 0 Å². The van der Waals surface area contributed by atoms with Crippen LogP contribution in [0.4, 0.5) is 11.7 Å². The standard InChI is InChI=1S/C11H12ClN3O2/c1-7(12)10-14-15-11(17-10)13-8-3-5-9(16-2)6-4-8/h3-7H,1-2H3,(H,13,15). The van der Waals surface area contributed by atoms with E-state index in [1.807, 2.05) is 24.3 Å². The number of benzene rings is 1. The van der Waals surface area contributed by atoms with Gasteiger partial charge in [0.1, 0.15) is 11.1 Å². The molecule has 1 aromatic carbocycles. The van der Waals surface area contributed by atoms with Gasteiger partial charge < -0.3 is 14.5 Å². The van der Waals surface area contributed by atoms with Crippen molar-refractivity contribution in [2.75, 3.05) is 12.4 Å². The summed E-state index contributed by atoms with van der Waals surface area (Å²) in [6, 6.07) is 7.70. The molecular weight excluding hydrogens is 242 g/mol. The molecule has 0 bridgehead atoms. The lowest BCUT2D eigenvalue weighted by Crippen LogP contribution is -1.90. The molecule has 1 atom stereocenters. The maximum Gasteiger partial charge on any atom is 0.320 e. The molecule has 17 heavy (non-hydrogen) atoms. The number of nitrogens with one attached hydrogen (secondary N) is 1. The summed E-state index contributed by atoms with van der Waals surface area (Å²) < 4.78 is 10.4. The molecule has 1 heterocycles. The fourth-order valence-corrected chi connectivity index (χ4v) is 1.33. The molecular formula is C11H12ClN3O2. The molecule has 1 aromatic heterocycles. The van der Waals surface area contributed by atoms with E-state index in [-0.39, 0.29) is 5.38 Å². The summed E-state index contributed by atoms with van der Waals surface area (Å²) in [6.45, 7) is 1.77. The van der Waals surface area contributed by atoms with E-state index in [0.29, 0.717) is 11.9 Å². The first kappa shape index (κ1) is 11.7. The molecule has 90 valence electrons. The first-order chi connectivity index (χ1) is 8.19. The number of halogens is 1. The Hall–Kier alpha value is -1.75. The van der Waals surface area contributed by atoms with Crippen LogP contribution in [-0.2, 0) is 0 Å². The van der Waals surface area contributed by atoms with Gasteiger partial charge in [-0.05, 0) is 31.2 Å². The zero-order valence-corrected chi connectivity index (χ0v) is 10.2. The van der Waals surface area contributed by atoms with Gasteiger partial charge >= 0.3 is 6.01 Å². The molecule has 6 heteroatoms. The normalized spacial score (nSPS) is 12.2. The van der Waals surface area contributed by atoms with E-state index in [1.165, 1.54) is 0 Å². The zero-order valence-electron chi connectivity index (χ0n) is 9.48. The topological polar surface area (TPSA) is 60.2 Å². The van der Waals surface area contributed by atoms with Crippen LogP contribution in [0.3, 0.4) is 0 Å². The Morgan fingerprint density at radius 3 is 2.53 bits per heavy atom. The lowest BCUT2D eigenvalue weighted by Gasteiger charge is -2.02. The van der Waals surface area contributed by atoms with Crippen molar-refractivity contribution in [3.63, 3.8) is 0 Å². The molecule has 0 spiro atoms. The van der Waals surface area contributed by atoms with Crippen molar-refractivity contribution in [1.82, 2.24) is 10.2 Å². The highest BCUT2D eigenvalue weighted by atomic mass is 35.5. The molecule has 0 aliphatic heterocycles. The summed E-state index contributed by atoms with van der Waals surface area (Å²) >= 11 is 5.82. The number of ether oxygens (including phenoxy) is 1. The van der Waals surface area contributed by atoms with E-state index in [4.69, 9.17) is 20.8 Å². The van der Waals surface area contributed by atoms with Crippen LogP contribution in [0.15, 0.2) is 28.7 Å². The maximum absolute atomic E-state index is 5.82. The van der Waals surface area contributed by atoms with Crippen molar-refractivity contribution in [3.05, 3.63) is 30.2 Å². The van der Waals surface area contributed by atoms with Gasteiger partial charge in [0, 0.05) is 5.69 Å². The average molecular weight is 254 g/mol. The summed E-state index contributed by atoms with van der Waals surface area (Å²) in [5.74, 6) is 1.18. The number of hydrogen-bond donors (Lipinski definition) is 1. The monoisotopic (exact) mass is 253 g/mol. The van der Waals surface area contributed by atoms with Gasteiger partial charge in [-0.2, -0.15) is 0 Å². The number of anilines is 2. The molecule has 1 N–H and O–H groups in total. The van der Waals surface area contributed by atoms with Gasteiger partial charge in [-0.25, -0.2) is 0 Å². The highest BCUT2D eigenvalue weighted by Gasteiger charge is 2.10. The molecule has 0 fully saturated rings. The van der Waals surface area contributed by atoms with E-state index < -0.39 is 0 Å². The van der Waals surface area contributed by atoms with Crippen LogP contribution < -0.4 is 10.1 Å². The smallest absolute Gasteiger partial charge is 0.320 e. The summed E-state index contributed by atoms with van der Waals surface area (Å²) in [5.41, 5.74) is 0.836. The summed E-state index contributed by atoms with van der Waals surface area (Å²) in [5, 5.41) is 10.3.